The van der Waals surface area contributed by atoms with Gasteiger partial charge in [-0.05, 0) is 114 Å². The van der Waals surface area contributed by atoms with Gasteiger partial charge in [0.15, 0.2) is 22.8 Å². The highest BCUT2D eigenvalue weighted by atomic mass is 79.9. The summed E-state index contributed by atoms with van der Waals surface area (Å²) in [5.74, 6) is -0.190. The molecule has 9 aromatic heterocycles. The molecule has 114 heavy (non-hydrogen) atoms. The van der Waals surface area contributed by atoms with E-state index in [-0.39, 0.29) is 5.56 Å². The molecule has 23 nitrogen and oxygen atoms in total. The lowest BCUT2D eigenvalue weighted by molar-refractivity contribution is 0.0592. The number of ether oxygens (including phenoxy) is 4. The number of anilines is 3. The fourth-order valence-corrected chi connectivity index (χ4v) is 15.4. The van der Waals surface area contributed by atoms with Gasteiger partial charge in [-0.2, -0.15) is 28.8 Å². The molecule has 6 aromatic carbocycles. The second-order valence-electron chi connectivity index (χ2n) is 28.9. The minimum atomic E-state index is -1.29. The lowest BCUT2D eigenvalue weighted by Crippen LogP contribution is -2.33. The number of halogens is 3. The van der Waals surface area contributed by atoms with E-state index < -0.39 is 34.1 Å². The lowest BCUT2D eigenvalue weighted by atomic mass is 10.1. The summed E-state index contributed by atoms with van der Waals surface area (Å²) < 4.78 is 29.3. The zero-order valence-corrected chi connectivity index (χ0v) is 70.4. The maximum atomic E-state index is 12.2. The highest BCUT2D eigenvalue weighted by Gasteiger charge is 2.27. The predicted molar refractivity (Wildman–Crippen MR) is 463 cm³/mol. The summed E-state index contributed by atoms with van der Waals surface area (Å²) in [6.45, 7) is 16.1. The number of esters is 2. The number of rotatable bonds is 23. The maximum Gasteiger partial charge on any atom is 0.337 e. The number of carbonyl (C=O) groups is 3. The van der Waals surface area contributed by atoms with Crippen molar-refractivity contribution in [2.24, 2.45) is 0 Å². The van der Waals surface area contributed by atoms with Crippen LogP contribution in [0.4, 0.5) is 17.5 Å². The van der Waals surface area contributed by atoms with E-state index in [2.05, 4.69) is 118 Å². The third-order valence-electron chi connectivity index (χ3n) is 18.6. The van der Waals surface area contributed by atoms with Crippen molar-refractivity contribution in [2.45, 2.75) is 51.4 Å². The van der Waals surface area contributed by atoms with Gasteiger partial charge < -0.3 is 40.4 Å². The number of carbonyl (C=O) groups excluding carboxylic acids is 2. The molecule has 0 saturated heterocycles. The van der Waals surface area contributed by atoms with Gasteiger partial charge in [-0.15, -0.1) is 0 Å². The molecule has 0 spiro atoms. The molecule has 0 amide bonds. The number of carboxylic acid groups (broad SMARTS) is 1. The fraction of sp³-hybridized carbons (Fsp3) is 0.163. The maximum absolute atomic E-state index is 12.2. The molecule has 0 radical (unpaired) electrons. The molecule has 0 bridgehead atoms. The molecular formula is C86H80Br3N15O8Si2. The minimum absolute atomic E-state index is 0.202. The second-order valence-corrected chi connectivity index (χ2v) is 42.6. The van der Waals surface area contributed by atoms with Gasteiger partial charge in [-0.1, -0.05) is 185 Å². The molecule has 0 fully saturated rings. The number of aromatic nitrogens is 12. The van der Waals surface area contributed by atoms with Gasteiger partial charge in [0.2, 0.25) is 0 Å². The zero-order valence-electron chi connectivity index (χ0n) is 63.7. The monoisotopic (exact) mass is 1740 g/mol. The lowest BCUT2D eigenvalue weighted by Gasteiger charge is -2.28. The van der Waals surface area contributed by atoms with E-state index in [4.69, 9.17) is 60.6 Å². The third-order valence-corrected chi connectivity index (χ3v) is 24.3. The highest BCUT2D eigenvalue weighted by Crippen LogP contribution is 2.41. The first-order valence-electron chi connectivity index (χ1n) is 36.3. The minimum Gasteiger partial charge on any atom is -0.478 e. The van der Waals surface area contributed by atoms with E-state index >= 15 is 0 Å². The summed E-state index contributed by atoms with van der Waals surface area (Å²) >= 11 is 11.0. The fourth-order valence-electron chi connectivity index (χ4n) is 12.2. The zero-order chi connectivity index (χ0) is 80.4. The van der Waals surface area contributed by atoms with Crippen molar-refractivity contribution in [3.8, 4) is 101 Å². The number of benzene rings is 6. The largest absolute Gasteiger partial charge is 0.478 e. The smallest absolute Gasteiger partial charge is 0.337 e. The van der Waals surface area contributed by atoms with Crippen LogP contribution in [0.1, 0.15) is 31.1 Å². The van der Waals surface area contributed by atoms with E-state index in [1.807, 2.05) is 169 Å². The van der Waals surface area contributed by atoms with Crippen LogP contribution in [0.15, 0.2) is 251 Å². The average Bonchev–Trinajstić information content (AvgIpc) is 1.57. The summed E-state index contributed by atoms with van der Waals surface area (Å²) in [6.07, 6.45) is 10.7. The van der Waals surface area contributed by atoms with Crippen LogP contribution in [0, 0.1) is 0 Å². The number of hydrogen-bond acceptors (Lipinski definition) is 19. The number of methoxy groups -OCH3 is 2. The Kier molecular flexibility index (Phi) is 25.0. The van der Waals surface area contributed by atoms with Gasteiger partial charge >= 0.3 is 17.9 Å². The van der Waals surface area contributed by atoms with Crippen LogP contribution in [-0.4, -0.2) is 139 Å². The van der Waals surface area contributed by atoms with Gasteiger partial charge in [0.25, 0.3) is 0 Å². The summed E-state index contributed by atoms with van der Waals surface area (Å²) in [5, 5.41) is 22.9. The third kappa shape index (κ3) is 18.5. The Morgan fingerprint density at radius 2 is 0.702 bits per heavy atom. The number of nitrogens with zero attached hydrogens (tertiary/aromatic N) is 13. The van der Waals surface area contributed by atoms with Crippen molar-refractivity contribution in [3.05, 3.63) is 267 Å². The van der Waals surface area contributed by atoms with Crippen molar-refractivity contribution in [1.29, 1.82) is 0 Å². The Bertz CT molecular complexity index is 5900. The first kappa shape index (κ1) is 80.3. The number of aromatic carboxylic acids is 1. The molecule has 0 aliphatic heterocycles. The molecule has 15 aromatic rings. The summed E-state index contributed by atoms with van der Waals surface area (Å²) in [4.78, 5) is 66.0. The normalized spacial score (nSPS) is 11.4. The second kappa shape index (κ2) is 35.5. The molecule has 9 heterocycles. The standard InChI is InChI=1S/C37H46BrN5O4Si2.C25H18BrN5O2.C24H16BrN5O2/c1-45-37(44)29-15-13-28(14-16-29)34-33(38)36(42(25-46-19-21-48(2,3)4)26-47-20-22-49(5,6)7)43-35(41-34)31(24-40-43)30-17-18-32(39-23-30)27-11-9-8-10-12-27;1-33-25(32)17-9-7-16(8-10-17)22-21(26)23(27)31-24(30-22)19(14-29-31)18-11-12-20(28-13-18)15-5-3-2-4-6-15;25-20-21(15-6-8-16(9-7-15)24(31)32)29-23-18(13-28-30(23)22(20)26)17-10-11-19(27-12-17)14-4-2-1-3-5-14/h8-18,23-24H,19-22,25-26H2,1-7H3;2-14H,27H2,1H3;1-13H,26H2,(H,31,32). The SMILES string of the molecule is COC(=O)c1ccc(-c2nc3c(-c4ccc(-c5ccccc5)nc4)cnn3c(N(COCC[Si](C)(C)C)COCC[Si](C)(C)C)c2Br)cc1.COC(=O)c1ccc(-c2nc3c(-c4ccc(-c5ccccc5)nc4)cnn3c(N)c2Br)cc1.Nc1c(Br)c(-c2ccc(C(=O)O)cc2)nc2c(-c3ccc(-c4ccccc4)nc3)cnn12. The molecule has 28 heteroatoms. The van der Waals surface area contributed by atoms with E-state index in [0.717, 1.165) is 106 Å². The van der Waals surface area contributed by atoms with E-state index in [1.165, 1.54) is 26.4 Å². The molecule has 15 rings (SSSR count). The summed E-state index contributed by atoms with van der Waals surface area (Å²) in [5.41, 5.74) is 30.9. The molecule has 0 unspecified atom stereocenters. The molecule has 576 valence electrons. The van der Waals surface area contributed by atoms with Gasteiger partial charge in [-0.3, -0.25) is 15.0 Å². The van der Waals surface area contributed by atoms with Crippen LogP contribution in [-0.2, 0) is 18.9 Å². The van der Waals surface area contributed by atoms with E-state index in [0.29, 0.717) is 92.4 Å². The molecule has 0 aliphatic rings. The van der Waals surface area contributed by atoms with Crippen LogP contribution in [0.5, 0.6) is 0 Å². The molecule has 0 atom stereocenters. The van der Waals surface area contributed by atoms with Gasteiger partial charge in [0.1, 0.15) is 25.1 Å². The van der Waals surface area contributed by atoms with Gasteiger partial charge in [0, 0.05) is 115 Å². The number of fused-ring (bicyclic) bond motifs is 3. The number of carboxylic acids is 1. The Hall–Kier alpha value is -11.8. The van der Waals surface area contributed by atoms with Crippen molar-refractivity contribution in [2.75, 3.05) is 57.3 Å². The quantitative estimate of drug-likeness (QED) is 0.0232. The van der Waals surface area contributed by atoms with Gasteiger partial charge in [0.05, 0.1) is 97.1 Å². The molecule has 5 N–H and O–H groups in total. The molecule has 0 aliphatic carbocycles. The van der Waals surface area contributed by atoms with Crippen LogP contribution < -0.4 is 16.4 Å². The Labute approximate surface area is 685 Å². The van der Waals surface area contributed by atoms with Crippen molar-refractivity contribution < 1.29 is 38.4 Å². The Morgan fingerprint density at radius 3 is 1.01 bits per heavy atom. The van der Waals surface area contributed by atoms with Crippen molar-refractivity contribution in [1.82, 2.24) is 58.7 Å². The van der Waals surface area contributed by atoms with Gasteiger partial charge in [-0.25, -0.2) is 29.3 Å². The van der Waals surface area contributed by atoms with Crippen molar-refractivity contribution >= 4 is 116 Å². The van der Waals surface area contributed by atoms with Crippen LogP contribution in [0.3, 0.4) is 0 Å². The van der Waals surface area contributed by atoms with Crippen LogP contribution >= 0.6 is 47.8 Å². The number of nitrogens with two attached hydrogens (primary N) is 2. The molecule has 0 saturated carbocycles. The first-order chi connectivity index (χ1) is 54.9. The Morgan fingerprint density at radius 1 is 0.395 bits per heavy atom. The van der Waals surface area contributed by atoms with Crippen LogP contribution in [0.25, 0.3) is 118 Å². The average molecular weight is 1750 g/mol. The van der Waals surface area contributed by atoms with Crippen molar-refractivity contribution in [3.63, 3.8) is 0 Å². The predicted octanol–water partition coefficient (Wildman–Crippen LogP) is 19.5. The number of hydrogen-bond donors (Lipinski definition) is 3. The first-order valence-corrected chi connectivity index (χ1v) is 46.1. The number of pyridine rings is 3. The van der Waals surface area contributed by atoms with Crippen LogP contribution in [0.2, 0.25) is 51.4 Å². The summed E-state index contributed by atoms with van der Waals surface area (Å²) in [6, 6.07) is 64.9. The number of nitrogen functional groups attached to an aromatic ring is 2. The van der Waals surface area contributed by atoms with E-state index in [9.17, 15) is 14.4 Å². The van der Waals surface area contributed by atoms with E-state index in [1.54, 1.807) is 64.0 Å². The molecular weight excluding hydrogens is 1670 g/mol. The topological polar surface area (TPSA) is 293 Å². The Balaban J connectivity index is 0.000000154. The highest BCUT2D eigenvalue weighted by molar-refractivity contribution is 9.11. The summed E-state index contributed by atoms with van der Waals surface area (Å²) in [7, 11) is 0.151.